The first-order valence-electron chi connectivity index (χ1n) is 8.64. The largest absolute Gasteiger partial charge is 0.300 e. The number of unbranched alkanes of at least 4 members (excludes halogenated alkanes) is 5. The Bertz CT molecular complexity index is 392. The van der Waals surface area contributed by atoms with E-state index in [-0.39, 0.29) is 0 Å². The van der Waals surface area contributed by atoms with Crippen molar-refractivity contribution in [3.63, 3.8) is 0 Å². The van der Waals surface area contributed by atoms with Gasteiger partial charge in [-0.15, -0.1) is 0 Å². The van der Waals surface area contributed by atoms with E-state index in [2.05, 4.69) is 70.6 Å². The van der Waals surface area contributed by atoms with Crippen molar-refractivity contribution in [3.8, 4) is 0 Å². The molecule has 0 aliphatic carbocycles. The molecule has 0 heterocycles. The summed E-state index contributed by atoms with van der Waals surface area (Å²) >= 11 is 0. The molecule has 1 aromatic carbocycles. The monoisotopic (exact) mass is 288 g/mol. The molecule has 1 unspecified atom stereocenters. The van der Waals surface area contributed by atoms with Crippen LogP contribution in [-0.2, 0) is 0 Å². The van der Waals surface area contributed by atoms with Gasteiger partial charge in [-0.2, -0.15) is 0 Å². The molecule has 21 heavy (non-hydrogen) atoms. The lowest BCUT2D eigenvalue weighted by Crippen LogP contribution is -2.42. The molecule has 1 atom stereocenters. The number of hydrogen-bond acceptors (Lipinski definition) is 0. The molecule has 118 valence electrons. The van der Waals surface area contributed by atoms with Crippen molar-refractivity contribution < 1.29 is 4.48 Å². The van der Waals surface area contributed by atoms with Crippen LogP contribution in [0.25, 0.3) is 6.08 Å². The van der Waals surface area contributed by atoms with Gasteiger partial charge in [0.2, 0.25) is 0 Å². The second kappa shape index (κ2) is 9.78. The van der Waals surface area contributed by atoms with E-state index in [1.165, 1.54) is 50.5 Å². The number of quaternary nitrogens is 1. The van der Waals surface area contributed by atoms with Crippen LogP contribution in [0.2, 0.25) is 0 Å². The van der Waals surface area contributed by atoms with E-state index in [0.29, 0.717) is 6.04 Å². The Labute approximate surface area is 132 Å². The molecule has 1 aromatic rings. The summed E-state index contributed by atoms with van der Waals surface area (Å²) in [6, 6.07) is 11.3. The fraction of sp³-hybridized carbons (Fsp3) is 0.600. The van der Waals surface area contributed by atoms with Gasteiger partial charge in [-0.05, 0) is 31.4 Å². The zero-order valence-corrected chi connectivity index (χ0v) is 14.5. The Morgan fingerprint density at radius 1 is 0.952 bits per heavy atom. The maximum absolute atomic E-state index is 2.38. The summed E-state index contributed by atoms with van der Waals surface area (Å²) < 4.78 is 0.962. The Kier molecular flexibility index (Phi) is 8.37. The van der Waals surface area contributed by atoms with Crippen molar-refractivity contribution in [3.05, 3.63) is 42.1 Å². The highest BCUT2D eigenvalue weighted by molar-refractivity contribution is 5.47. The second-order valence-corrected chi connectivity index (χ2v) is 6.76. The number of benzene rings is 1. The summed E-state index contributed by atoms with van der Waals surface area (Å²) in [5.41, 5.74) is 1.29. The van der Waals surface area contributed by atoms with Crippen molar-refractivity contribution in [1.29, 1.82) is 0 Å². The van der Waals surface area contributed by atoms with Crippen LogP contribution in [0.1, 0.15) is 64.4 Å². The van der Waals surface area contributed by atoms with Gasteiger partial charge in [0.1, 0.15) is 0 Å². The first-order chi connectivity index (χ1) is 10.1. The first kappa shape index (κ1) is 18.0. The van der Waals surface area contributed by atoms with E-state index in [0.717, 1.165) is 4.48 Å². The summed E-state index contributed by atoms with van der Waals surface area (Å²) in [4.78, 5) is 0. The third kappa shape index (κ3) is 7.47. The van der Waals surface area contributed by atoms with E-state index in [4.69, 9.17) is 0 Å². The van der Waals surface area contributed by atoms with E-state index < -0.39 is 0 Å². The first-order valence-corrected chi connectivity index (χ1v) is 8.64. The topological polar surface area (TPSA) is 0 Å². The molecule has 1 heteroatoms. The summed E-state index contributed by atoms with van der Waals surface area (Å²) in [5, 5.41) is 0. The lowest BCUT2D eigenvalue weighted by Gasteiger charge is -2.32. The predicted octanol–water partition coefficient (Wildman–Crippen LogP) is 5.87. The molecule has 0 saturated carbocycles. The predicted molar refractivity (Wildman–Crippen MR) is 95.0 cm³/mol. The maximum Gasteiger partial charge on any atom is 0.0962 e. The van der Waals surface area contributed by atoms with Crippen molar-refractivity contribution in [2.75, 3.05) is 14.1 Å². The van der Waals surface area contributed by atoms with E-state index in [1.807, 2.05) is 0 Å². The molecule has 0 fully saturated rings. The van der Waals surface area contributed by atoms with Gasteiger partial charge >= 0.3 is 0 Å². The van der Waals surface area contributed by atoms with Gasteiger partial charge in [-0.1, -0.05) is 69.4 Å². The minimum absolute atomic E-state index is 0.677. The normalized spacial score (nSPS) is 13.7. The van der Waals surface area contributed by atoms with Crippen LogP contribution in [-0.4, -0.2) is 24.6 Å². The lowest BCUT2D eigenvalue weighted by atomic mass is 10.0. The third-order valence-corrected chi connectivity index (χ3v) is 4.56. The average Bonchev–Trinajstić information content (AvgIpc) is 2.49. The number of hydrogen-bond donors (Lipinski definition) is 0. The minimum Gasteiger partial charge on any atom is -0.300 e. The summed E-state index contributed by atoms with van der Waals surface area (Å²) in [6.07, 6.45) is 14.2. The minimum atomic E-state index is 0.677. The molecule has 0 aromatic heterocycles. The van der Waals surface area contributed by atoms with Crippen LogP contribution >= 0.6 is 0 Å². The molecule has 0 spiro atoms. The van der Waals surface area contributed by atoms with E-state index >= 15 is 0 Å². The third-order valence-electron chi connectivity index (χ3n) is 4.56. The van der Waals surface area contributed by atoms with Crippen LogP contribution in [0.15, 0.2) is 36.5 Å². The van der Waals surface area contributed by atoms with Gasteiger partial charge in [-0.3, -0.25) is 4.48 Å². The van der Waals surface area contributed by atoms with E-state index in [9.17, 15) is 0 Å². The molecule has 0 aliphatic rings. The van der Waals surface area contributed by atoms with Crippen LogP contribution in [0.5, 0.6) is 0 Å². The Balaban J connectivity index is 2.33. The summed E-state index contributed by atoms with van der Waals surface area (Å²) in [6.45, 7) is 4.66. The van der Waals surface area contributed by atoms with Crippen molar-refractivity contribution in [1.82, 2.24) is 0 Å². The fourth-order valence-corrected chi connectivity index (χ4v) is 2.54. The zero-order valence-electron chi connectivity index (χ0n) is 14.5. The van der Waals surface area contributed by atoms with Gasteiger partial charge in [0, 0.05) is 0 Å². The Morgan fingerprint density at radius 3 is 2.24 bits per heavy atom. The van der Waals surface area contributed by atoms with Gasteiger partial charge in [-0.25, -0.2) is 0 Å². The number of nitrogens with zero attached hydrogens (tertiary/aromatic N) is 1. The highest BCUT2D eigenvalue weighted by Crippen LogP contribution is 2.17. The highest BCUT2D eigenvalue weighted by atomic mass is 15.3. The molecule has 1 nitrogen and oxygen atoms in total. The van der Waals surface area contributed by atoms with E-state index in [1.54, 1.807) is 0 Å². The maximum atomic E-state index is 2.38. The van der Waals surface area contributed by atoms with Crippen LogP contribution in [0.3, 0.4) is 0 Å². The van der Waals surface area contributed by atoms with Crippen LogP contribution < -0.4 is 0 Å². The zero-order chi connectivity index (χ0) is 15.6. The van der Waals surface area contributed by atoms with Crippen molar-refractivity contribution in [2.45, 2.75) is 64.8 Å². The molecule has 0 bridgehead atoms. The quantitative estimate of drug-likeness (QED) is 0.373. The SMILES string of the molecule is CCCCCCCCC(C)[N+](C)(C)C=Cc1ccccc1. The van der Waals surface area contributed by atoms with Gasteiger partial charge < -0.3 is 0 Å². The highest BCUT2D eigenvalue weighted by Gasteiger charge is 2.20. The molecule has 0 radical (unpaired) electrons. The van der Waals surface area contributed by atoms with Crippen molar-refractivity contribution >= 4 is 6.08 Å². The van der Waals surface area contributed by atoms with Crippen LogP contribution in [0.4, 0.5) is 0 Å². The summed E-state index contributed by atoms with van der Waals surface area (Å²) in [5.74, 6) is 0. The Hall–Kier alpha value is -1.08. The molecular formula is C20H34N+. The molecule has 1 rings (SSSR count). The number of rotatable bonds is 10. The van der Waals surface area contributed by atoms with Gasteiger partial charge in [0.05, 0.1) is 26.3 Å². The molecule has 0 amide bonds. The van der Waals surface area contributed by atoms with Gasteiger partial charge in [0.15, 0.2) is 0 Å². The summed E-state index contributed by atoms with van der Waals surface area (Å²) in [7, 11) is 4.61. The fourth-order valence-electron chi connectivity index (χ4n) is 2.54. The van der Waals surface area contributed by atoms with Crippen molar-refractivity contribution in [2.24, 2.45) is 0 Å². The molecule has 0 aliphatic heterocycles. The standard InChI is InChI=1S/C20H34N/c1-5-6-7-8-9-11-14-19(2)21(3,4)18-17-20-15-12-10-13-16-20/h10,12-13,15-19H,5-9,11,14H2,1-4H3/q+1. The average molecular weight is 288 g/mol. The molecular weight excluding hydrogens is 254 g/mol. The lowest BCUT2D eigenvalue weighted by molar-refractivity contribution is -0.863. The second-order valence-electron chi connectivity index (χ2n) is 6.76. The van der Waals surface area contributed by atoms with Gasteiger partial charge in [0.25, 0.3) is 0 Å². The smallest absolute Gasteiger partial charge is 0.0962 e. The Morgan fingerprint density at radius 2 is 1.57 bits per heavy atom. The molecule has 0 saturated heterocycles. The van der Waals surface area contributed by atoms with Crippen LogP contribution in [0, 0.1) is 0 Å². The molecule has 0 N–H and O–H groups in total.